The quantitative estimate of drug-likeness (QED) is 0.188. The van der Waals surface area contributed by atoms with E-state index in [1.165, 1.54) is 103 Å². The standard InChI is InChI=1S/C21H41/c1-3-5-7-9-11-13-15-17-19-21-20-18-16-14-12-10-8-6-4-2/h12,14H,1,3-11,13,15-21H2,2H3. The third-order valence-corrected chi connectivity index (χ3v) is 4.26. The van der Waals surface area contributed by atoms with Crippen LogP contribution in [0.2, 0.25) is 0 Å². The molecular weight excluding hydrogens is 252 g/mol. The lowest BCUT2D eigenvalue weighted by Gasteiger charge is -2.02. The highest BCUT2D eigenvalue weighted by atomic mass is 14.0. The lowest BCUT2D eigenvalue weighted by Crippen LogP contribution is -1.82. The Hall–Kier alpha value is -0.260. The van der Waals surface area contributed by atoms with Gasteiger partial charge in [-0.25, -0.2) is 0 Å². The Labute approximate surface area is 135 Å². The van der Waals surface area contributed by atoms with Gasteiger partial charge in [0.05, 0.1) is 0 Å². The van der Waals surface area contributed by atoms with E-state index in [0.717, 1.165) is 6.42 Å². The van der Waals surface area contributed by atoms with E-state index in [1.807, 2.05) is 0 Å². The molecule has 0 spiro atoms. The average Bonchev–Trinajstić information content (AvgIpc) is 2.50. The van der Waals surface area contributed by atoms with E-state index in [1.54, 1.807) is 0 Å². The SMILES string of the molecule is [CH2]CCCCCCCCCCCCCC=CCCCCC. The molecule has 0 heteroatoms. The molecule has 0 rings (SSSR count). The van der Waals surface area contributed by atoms with Crippen LogP contribution in [0.4, 0.5) is 0 Å². The second kappa shape index (κ2) is 19.7. The molecule has 0 saturated carbocycles. The Balaban J connectivity index is 2.99. The van der Waals surface area contributed by atoms with Crippen LogP contribution in [-0.4, -0.2) is 0 Å². The first-order chi connectivity index (χ1) is 10.4. The van der Waals surface area contributed by atoms with E-state index < -0.39 is 0 Å². The number of hydrogen-bond donors (Lipinski definition) is 0. The highest BCUT2D eigenvalue weighted by Crippen LogP contribution is 2.12. The smallest absolute Gasteiger partial charge is 0.0351 e. The van der Waals surface area contributed by atoms with Gasteiger partial charge in [-0.1, -0.05) is 109 Å². The van der Waals surface area contributed by atoms with Crippen LogP contribution in [0.3, 0.4) is 0 Å². The molecule has 1 radical (unpaired) electrons. The van der Waals surface area contributed by atoms with Crippen LogP contribution in [-0.2, 0) is 0 Å². The normalized spacial score (nSPS) is 11.5. The van der Waals surface area contributed by atoms with Gasteiger partial charge in [0, 0.05) is 0 Å². The van der Waals surface area contributed by atoms with Crippen LogP contribution in [0.1, 0.15) is 116 Å². The van der Waals surface area contributed by atoms with Gasteiger partial charge in [0.2, 0.25) is 0 Å². The highest BCUT2D eigenvalue weighted by molar-refractivity contribution is 4.81. The molecule has 0 N–H and O–H groups in total. The summed E-state index contributed by atoms with van der Waals surface area (Å²) in [5, 5.41) is 0. The molecule has 21 heavy (non-hydrogen) atoms. The summed E-state index contributed by atoms with van der Waals surface area (Å²) in [6.07, 6.45) is 28.3. The zero-order chi connectivity index (χ0) is 15.4. The van der Waals surface area contributed by atoms with Crippen molar-refractivity contribution >= 4 is 0 Å². The summed E-state index contributed by atoms with van der Waals surface area (Å²) in [5.41, 5.74) is 0. The molecule has 0 aliphatic heterocycles. The minimum atomic E-state index is 1.12. The summed E-state index contributed by atoms with van der Waals surface area (Å²) in [5.74, 6) is 0. The van der Waals surface area contributed by atoms with Gasteiger partial charge in [0.25, 0.3) is 0 Å². The third kappa shape index (κ3) is 19.7. The van der Waals surface area contributed by atoms with Gasteiger partial charge < -0.3 is 0 Å². The zero-order valence-corrected chi connectivity index (χ0v) is 14.9. The molecule has 0 saturated heterocycles. The molecule has 0 bridgehead atoms. The van der Waals surface area contributed by atoms with Crippen LogP contribution in [0.25, 0.3) is 0 Å². The van der Waals surface area contributed by atoms with Gasteiger partial charge in [0.1, 0.15) is 0 Å². The van der Waals surface area contributed by atoms with Crippen molar-refractivity contribution in [3.63, 3.8) is 0 Å². The maximum Gasteiger partial charge on any atom is -0.0351 e. The summed E-state index contributed by atoms with van der Waals surface area (Å²) < 4.78 is 0. The van der Waals surface area contributed by atoms with E-state index in [2.05, 4.69) is 26.0 Å². The summed E-state index contributed by atoms with van der Waals surface area (Å²) in [6, 6.07) is 0. The molecular formula is C21H41. The Morgan fingerprint density at radius 3 is 1.33 bits per heavy atom. The van der Waals surface area contributed by atoms with Crippen molar-refractivity contribution in [2.75, 3.05) is 0 Å². The zero-order valence-electron chi connectivity index (χ0n) is 14.9. The Bertz CT molecular complexity index is 192. The van der Waals surface area contributed by atoms with Crippen LogP contribution < -0.4 is 0 Å². The third-order valence-electron chi connectivity index (χ3n) is 4.26. The van der Waals surface area contributed by atoms with E-state index in [9.17, 15) is 0 Å². The van der Waals surface area contributed by atoms with Crippen LogP contribution in [0.15, 0.2) is 12.2 Å². The lowest BCUT2D eigenvalue weighted by atomic mass is 10.0. The van der Waals surface area contributed by atoms with E-state index in [0.29, 0.717) is 0 Å². The molecule has 0 heterocycles. The highest BCUT2D eigenvalue weighted by Gasteiger charge is 1.92. The topological polar surface area (TPSA) is 0 Å². The summed E-state index contributed by atoms with van der Waals surface area (Å²) >= 11 is 0. The van der Waals surface area contributed by atoms with Crippen molar-refractivity contribution in [1.29, 1.82) is 0 Å². The van der Waals surface area contributed by atoms with Crippen LogP contribution in [0, 0.1) is 6.92 Å². The van der Waals surface area contributed by atoms with Crippen molar-refractivity contribution in [3.05, 3.63) is 19.1 Å². The molecule has 0 aliphatic carbocycles. The van der Waals surface area contributed by atoms with Crippen molar-refractivity contribution in [1.82, 2.24) is 0 Å². The average molecular weight is 294 g/mol. The minimum absolute atomic E-state index is 1.12. The number of rotatable bonds is 17. The Morgan fingerprint density at radius 2 is 0.905 bits per heavy atom. The summed E-state index contributed by atoms with van der Waals surface area (Å²) in [6.45, 7) is 6.16. The van der Waals surface area contributed by atoms with Crippen LogP contribution in [0.5, 0.6) is 0 Å². The first-order valence-corrected chi connectivity index (χ1v) is 9.86. The molecule has 0 fully saturated rings. The summed E-state index contributed by atoms with van der Waals surface area (Å²) in [7, 11) is 0. The second-order valence-electron chi connectivity index (χ2n) is 6.50. The fourth-order valence-electron chi connectivity index (χ4n) is 2.78. The number of allylic oxidation sites excluding steroid dienone is 2. The van der Waals surface area contributed by atoms with Gasteiger partial charge >= 0.3 is 0 Å². The minimum Gasteiger partial charge on any atom is -0.0885 e. The van der Waals surface area contributed by atoms with Gasteiger partial charge in [-0.2, -0.15) is 0 Å². The number of hydrogen-bond acceptors (Lipinski definition) is 0. The van der Waals surface area contributed by atoms with E-state index in [4.69, 9.17) is 0 Å². The molecule has 0 atom stereocenters. The molecule has 0 unspecified atom stereocenters. The van der Waals surface area contributed by atoms with E-state index >= 15 is 0 Å². The molecule has 0 aromatic heterocycles. The molecule has 0 aliphatic rings. The van der Waals surface area contributed by atoms with Gasteiger partial charge in [-0.15, -0.1) is 0 Å². The monoisotopic (exact) mass is 293 g/mol. The predicted octanol–water partition coefficient (Wildman–Crippen LogP) is 8.03. The van der Waals surface area contributed by atoms with Gasteiger partial charge in [0.15, 0.2) is 0 Å². The van der Waals surface area contributed by atoms with Gasteiger partial charge in [-0.3, -0.25) is 0 Å². The second-order valence-corrected chi connectivity index (χ2v) is 6.50. The van der Waals surface area contributed by atoms with E-state index in [-0.39, 0.29) is 0 Å². The fraction of sp³-hybridized carbons (Fsp3) is 0.857. The molecule has 0 aromatic carbocycles. The Morgan fingerprint density at radius 1 is 0.524 bits per heavy atom. The Kier molecular flexibility index (Phi) is 19.5. The largest absolute Gasteiger partial charge is 0.0885 e. The molecule has 0 amide bonds. The molecule has 0 nitrogen and oxygen atoms in total. The molecule has 0 aromatic rings. The lowest BCUT2D eigenvalue weighted by molar-refractivity contribution is 0.547. The maximum atomic E-state index is 3.89. The predicted molar refractivity (Wildman–Crippen MR) is 98.7 cm³/mol. The van der Waals surface area contributed by atoms with Crippen molar-refractivity contribution in [2.45, 2.75) is 116 Å². The summed E-state index contributed by atoms with van der Waals surface area (Å²) in [4.78, 5) is 0. The number of unbranched alkanes of at least 4 members (excludes halogenated alkanes) is 15. The van der Waals surface area contributed by atoms with Crippen molar-refractivity contribution in [2.24, 2.45) is 0 Å². The first-order valence-electron chi connectivity index (χ1n) is 9.86. The first kappa shape index (κ1) is 20.7. The maximum absolute atomic E-state index is 3.89. The van der Waals surface area contributed by atoms with Gasteiger partial charge in [-0.05, 0) is 25.7 Å². The van der Waals surface area contributed by atoms with Crippen LogP contribution >= 0.6 is 0 Å². The fourth-order valence-corrected chi connectivity index (χ4v) is 2.78. The van der Waals surface area contributed by atoms with Crippen molar-refractivity contribution in [3.8, 4) is 0 Å². The van der Waals surface area contributed by atoms with Crippen molar-refractivity contribution < 1.29 is 0 Å². The molecule has 125 valence electrons.